The lowest BCUT2D eigenvalue weighted by molar-refractivity contribution is -0.133. The molecular formula is C11H20N2O2. The van der Waals surface area contributed by atoms with Crippen molar-refractivity contribution < 1.29 is 9.59 Å². The van der Waals surface area contributed by atoms with Crippen LogP contribution in [-0.2, 0) is 9.59 Å². The molecule has 2 amide bonds. The minimum absolute atomic E-state index is 0.0154. The Morgan fingerprint density at radius 3 is 2.53 bits per heavy atom. The molecule has 1 N–H and O–H groups in total. The van der Waals surface area contributed by atoms with Crippen LogP contribution in [0, 0.1) is 5.92 Å². The third-order valence-electron chi connectivity index (χ3n) is 3.01. The molecule has 0 unspecified atom stereocenters. The fraction of sp³-hybridized carbons (Fsp3) is 0.818. The number of nitrogens with one attached hydrogen (secondary N) is 1. The number of hydrogen-bond acceptors (Lipinski definition) is 2. The second-order valence-corrected chi connectivity index (χ2v) is 4.25. The summed E-state index contributed by atoms with van der Waals surface area (Å²) >= 11 is 0. The predicted molar refractivity (Wildman–Crippen MR) is 58.3 cm³/mol. The maximum atomic E-state index is 11.6. The molecule has 1 aliphatic carbocycles. The SMILES string of the molecule is CC[C@@H](C)N(C)C(=O)CNC(=O)C1CC1. The maximum Gasteiger partial charge on any atom is 0.241 e. The number of amides is 2. The lowest BCUT2D eigenvalue weighted by Gasteiger charge is -2.23. The first-order chi connectivity index (χ1) is 7.06. The molecule has 0 spiro atoms. The van der Waals surface area contributed by atoms with Gasteiger partial charge in [-0.25, -0.2) is 0 Å². The smallest absolute Gasteiger partial charge is 0.241 e. The second kappa shape index (κ2) is 5.14. The van der Waals surface area contributed by atoms with Gasteiger partial charge < -0.3 is 10.2 Å². The van der Waals surface area contributed by atoms with Crippen LogP contribution in [0.2, 0.25) is 0 Å². The van der Waals surface area contributed by atoms with Gasteiger partial charge in [0.2, 0.25) is 11.8 Å². The van der Waals surface area contributed by atoms with Crippen LogP contribution in [-0.4, -0.2) is 36.3 Å². The zero-order chi connectivity index (χ0) is 11.4. The molecule has 0 aromatic heterocycles. The molecular weight excluding hydrogens is 192 g/mol. The van der Waals surface area contributed by atoms with Gasteiger partial charge in [-0.05, 0) is 26.2 Å². The molecule has 0 aliphatic heterocycles. The maximum absolute atomic E-state index is 11.6. The fourth-order valence-electron chi connectivity index (χ4n) is 1.30. The van der Waals surface area contributed by atoms with Crippen molar-refractivity contribution in [2.75, 3.05) is 13.6 Å². The minimum atomic E-state index is -0.0154. The molecule has 4 heteroatoms. The Morgan fingerprint density at radius 2 is 2.07 bits per heavy atom. The number of likely N-dealkylation sites (N-methyl/N-ethyl adjacent to an activating group) is 1. The van der Waals surface area contributed by atoms with Crippen LogP contribution in [0.4, 0.5) is 0 Å². The molecule has 15 heavy (non-hydrogen) atoms. The minimum Gasteiger partial charge on any atom is -0.347 e. The van der Waals surface area contributed by atoms with Gasteiger partial charge >= 0.3 is 0 Å². The first kappa shape index (κ1) is 12.0. The Labute approximate surface area is 91.0 Å². The predicted octanol–water partition coefficient (Wildman–Crippen LogP) is 0.769. The molecule has 1 fully saturated rings. The second-order valence-electron chi connectivity index (χ2n) is 4.25. The van der Waals surface area contributed by atoms with E-state index >= 15 is 0 Å². The van der Waals surface area contributed by atoms with Crippen molar-refractivity contribution in [2.45, 2.75) is 39.2 Å². The van der Waals surface area contributed by atoms with Crippen molar-refractivity contribution in [1.29, 1.82) is 0 Å². The summed E-state index contributed by atoms with van der Waals surface area (Å²) in [6.45, 7) is 4.17. The van der Waals surface area contributed by atoms with E-state index in [1.54, 1.807) is 11.9 Å². The normalized spacial score (nSPS) is 17.0. The summed E-state index contributed by atoms with van der Waals surface area (Å²) < 4.78 is 0. The average molecular weight is 212 g/mol. The highest BCUT2D eigenvalue weighted by Crippen LogP contribution is 2.28. The molecule has 4 nitrogen and oxygen atoms in total. The topological polar surface area (TPSA) is 49.4 Å². The van der Waals surface area contributed by atoms with E-state index in [4.69, 9.17) is 0 Å². The highest BCUT2D eigenvalue weighted by molar-refractivity contribution is 5.86. The van der Waals surface area contributed by atoms with Gasteiger partial charge in [-0.1, -0.05) is 6.92 Å². The third-order valence-corrected chi connectivity index (χ3v) is 3.01. The van der Waals surface area contributed by atoms with Gasteiger partial charge in [0.15, 0.2) is 0 Å². The molecule has 0 bridgehead atoms. The number of carbonyl (C=O) groups is 2. The lowest BCUT2D eigenvalue weighted by atomic mass is 10.2. The molecule has 0 heterocycles. The summed E-state index contributed by atoms with van der Waals surface area (Å²) in [7, 11) is 1.78. The van der Waals surface area contributed by atoms with E-state index in [0.717, 1.165) is 19.3 Å². The zero-order valence-corrected chi connectivity index (χ0v) is 9.75. The standard InChI is InChI=1S/C11H20N2O2/c1-4-8(2)13(3)10(14)7-12-11(15)9-5-6-9/h8-9H,4-7H2,1-3H3,(H,12,15)/t8-/m1/s1. The van der Waals surface area contributed by atoms with Crippen LogP contribution in [0.25, 0.3) is 0 Å². The Morgan fingerprint density at radius 1 is 1.47 bits per heavy atom. The zero-order valence-electron chi connectivity index (χ0n) is 9.75. The van der Waals surface area contributed by atoms with E-state index in [1.165, 1.54) is 0 Å². The monoisotopic (exact) mass is 212 g/mol. The van der Waals surface area contributed by atoms with Crippen LogP contribution < -0.4 is 5.32 Å². The van der Waals surface area contributed by atoms with E-state index in [-0.39, 0.29) is 30.3 Å². The van der Waals surface area contributed by atoms with E-state index < -0.39 is 0 Å². The Hall–Kier alpha value is -1.06. The Bertz CT molecular complexity index is 249. The van der Waals surface area contributed by atoms with Gasteiger partial charge in [0.1, 0.15) is 0 Å². The molecule has 0 aromatic carbocycles. The van der Waals surface area contributed by atoms with E-state index in [1.807, 2.05) is 13.8 Å². The Balaban J connectivity index is 2.25. The van der Waals surface area contributed by atoms with Crippen molar-refractivity contribution >= 4 is 11.8 Å². The molecule has 1 atom stereocenters. The molecule has 1 rings (SSSR count). The highest BCUT2D eigenvalue weighted by Gasteiger charge is 2.29. The Kier molecular flexibility index (Phi) is 4.12. The van der Waals surface area contributed by atoms with Crippen LogP contribution in [0.3, 0.4) is 0 Å². The number of hydrogen-bond donors (Lipinski definition) is 1. The molecule has 0 radical (unpaired) electrons. The lowest BCUT2D eigenvalue weighted by Crippen LogP contribution is -2.42. The van der Waals surface area contributed by atoms with E-state index in [0.29, 0.717) is 0 Å². The molecule has 0 saturated heterocycles. The first-order valence-electron chi connectivity index (χ1n) is 5.59. The molecule has 86 valence electrons. The molecule has 1 aliphatic rings. The van der Waals surface area contributed by atoms with Crippen molar-refractivity contribution in [3.8, 4) is 0 Å². The van der Waals surface area contributed by atoms with Gasteiger partial charge in [0, 0.05) is 19.0 Å². The van der Waals surface area contributed by atoms with Crippen LogP contribution in [0.15, 0.2) is 0 Å². The summed E-state index contributed by atoms with van der Waals surface area (Å²) in [6.07, 6.45) is 2.88. The van der Waals surface area contributed by atoms with Gasteiger partial charge in [0.25, 0.3) is 0 Å². The van der Waals surface area contributed by atoms with Gasteiger partial charge in [-0.2, -0.15) is 0 Å². The van der Waals surface area contributed by atoms with Gasteiger partial charge in [-0.3, -0.25) is 9.59 Å². The van der Waals surface area contributed by atoms with Crippen LogP contribution >= 0.6 is 0 Å². The largest absolute Gasteiger partial charge is 0.347 e. The fourth-order valence-corrected chi connectivity index (χ4v) is 1.30. The third kappa shape index (κ3) is 3.53. The quantitative estimate of drug-likeness (QED) is 0.731. The summed E-state index contributed by atoms with van der Waals surface area (Å²) in [5.41, 5.74) is 0. The number of rotatable bonds is 5. The van der Waals surface area contributed by atoms with Crippen LogP contribution in [0.1, 0.15) is 33.1 Å². The van der Waals surface area contributed by atoms with Gasteiger partial charge in [-0.15, -0.1) is 0 Å². The van der Waals surface area contributed by atoms with Crippen molar-refractivity contribution in [2.24, 2.45) is 5.92 Å². The van der Waals surface area contributed by atoms with Crippen LogP contribution in [0.5, 0.6) is 0 Å². The number of nitrogens with zero attached hydrogens (tertiary/aromatic N) is 1. The summed E-state index contributed by atoms with van der Waals surface area (Å²) in [6, 6.07) is 0.232. The molecule has 0 aromatic rings. The summed E-state index contributed by atoms with van der Waals surface area (Å²) in [4.78, 5) is 24.6. The summed E-state index contributed by atoms with van der Waals surface area (Å²) in [5, 5.41) is 2.67. The van der Waals surface area contributed by atoms with Crippen molar-refractivity contribution in [3.63, 3.8) is 0 Å². The summed E-state index contributed by atoms with van der Waals surface area (Å²) in [5.74, 6) is 0.186. The van der Waals surface area contributed by atoms with E-state index in [2.05, 4.69) is 5.32 Å². The van der Waals surface area contributed by atoms with Crippen molar-refractivity contribution in [3.05, 3.63) is 0 Å². The first-order valence-corrected chi connectivity index (χ1v) is 5.59. The average Bonchev–Trinajstić information content (AvgIpc) is 3.06. The van der Waals surface area contributed by atoms with Gasteiger partial charge in [0.05, 0.1) is 6.54 Å². The van der Waals surface area contributed by atoms with Crippen molar-refractivity contribution in [1.82, 2.24) is 10.2 Å². The van der Waals surface area contributed by atoms with E-state index in [9.17, 15) is 9.59 Å². The molecule has 1 saturated carbocycles. The number of carbonyl (C=O) groups excluding carboxylic acids is 2. The highest BCUT2D eigenvalue weighted by atomic mass is 16.2.